The summed E-state index contributed by atoms with van der Waals surface area (Å²) in [5.74, 6) is 0.754. The molecule has 0 fully saturated rings. The second-order valence-electron chi connectivity index (χ2n) is 7.18. The van der Waals surface area contributed by atoms with E-state index in [4.69, 9.17) is 4.74 Å². The van der Waals surface area contributed by atoms with Gasteiger partial charge in [0.25, 0.3) is 5.91 Å². The number of hydrogen-bond donors (Lipinski definition) is 1. The third-order valence-electron chi connectivity index (χ3n) is 5.07. The topological polar surface area (TPSA) is 69.0 Å². The van der Waals surface area contributed by atoms with Crippen molar-refractivity contribution < 1.29 is 13.9 Å². The summed E-state index contributed by atoms with van der Waals surface area (Å²) < 4.78 is 21.7. The smallest absolute Gasteiger partial charge is 0.255 e. The number of amides is 1. The van der Waals surface area contributed by atoms with Gasteiger partial charge in [0.1, 0.15) is 11.6 Å². The molecule has 6 nitrogen and oxygen atoms in total. The van der Waals surface area contributed by atoms with Gasteiger partial charge in [-0.25, -0.2) is 4.39 Å². The first-order valence-electron chi connectivity index (χ1n) is 9.77. The van der Waals surface area contributed by atoms with Crippen LogP contribution in [0.25, 0.3) is 11.4 Å². The number of aromatic nitrogens is 3. The van der Waals surface area contributed by atoms with E-state index in [0.29, 0.717) is 29.2 Å². The molecule has 1 aromatic heterocycles. The van der Waals surface area contributed by atoms with Crippen LogP contribution in [0.5, 0.6) is 0 Å². The molecule has 0 saturated heterocycles. The summed E-state index contributed by atoms with van der Waals surface area (Å²) >= 11 is 0. The van der Waals surface area contributed by atoms with Crippen molar-refractivity contribution in [3.63, 3.8) is 0 Å². The number of nitrogens with zero attached hydrogens (tertiary/aromatic N) is 3. The van der Waals surface area contributed by atoms with E-state index < -0.39 is 0 Å². The molecule has 0 radical (unpaired) electrons. The van der Waals surface area contributed by atoms with Gasteiger partial charge in [-0.3, -0.25) is 4.79 Å². The predicted molar refractivity (Wildman–Crippen MR) is 108 cm³/mol. The lowest BCUT2D eigenvalue weighted by molar-refractivity contribution is 0.102. The molecule has 0 spiro atoms. The molecule has 3 aromatic rings. The fourth-order valence-corrected chi connectivity index (χ4v) is 3.63. The number of rotatable bonds is 5. The molecule has 7 heteroatoms. The van der Waals surface area contributed by atoms with Crippen LogP contribution in [-0.2, 0) is 24.3 Å². The Bertz CT molecular complexity index is 1030. The quantitative estimate of drug-likeness (QED) is 0.704. The third-order valence-corrected chi connectivity index (χ3v) is 5.07. The Balaban J connectivity index is 1.60. The molecule has 1 aliphatic rings. The monoisotopic (exact) mass is 394 g/mol. The predicted octanol–water partition coefficient (Wildman–Crippen LogP) is 4.21. The van der Waals surface area contributed by atoms with E-state index in [1.807, 2.05) is 16.7 Å². The van der Waals surface area contributed by atoms with Crippen LogP contribution in [0.1, 0.15) is 41.0 Å². The first kappa shape index (κ1) is 19.3. The highest BCUT2D eigenvalue weighted by atomic mass is 19.1. The van der Waals surface area contributed by atoms with Crippen molar-refractivity contribution in [1.29, 1.82) is 0 Å². The van der Waals surface area contributed by atoms with Gasteiger partial charge in [0.2, 0.25) is 0 Å². The molecule has 0 unspecified atom stereocenters. The lowest BCUT2D eigenvalue weighted by atomic mass is 10.1. The Morgan fingerprint density at radius 1 is 1.17 bits per heavy atom. The maximum absolute atomic E-state index is 14.6. The summed E-state index contributed by atoms with van der Waals surface area (Å²) in [6.45, 7) is 1.21. The highest BCUT2D eigenvalue weighted by Gasteiger charge is 2.19. The van der Waals surface area contributed by atoms with E-state index in [9.17, 15) is 9.18 Å². The molecular weight excluding hydrogens is 371 g/mol. The van der Waals surface area contributed by atoms with Gasteiger partial charge in [-0.05, 0) is 48.7 Å². The highest BCUT2D eigenvalue weighted by Crippen LogP contribution is 2.27. The van der Waals surface area contributed by atoms with Crippen molar-refractivity contribution in [2.24, 2.45) is 0 Å². The average Bonchev–Trinajstić information content (AvgIpc) is 2.97. The van der Waals surface area contributed by atoms with Crippen LogP contribution in [-0.4, -0.2) is 27.8 Å². The molecule has 2 heterocycles. The number of benzene rings is 2. The Kier molecular flexibility index (Phi) is 5.67. The molecule has 0 aliphatic carbocycles. The number of ether oxygens (including phenoxy) is 1. The number of fused-ring (bicyclic) bond motifs is 1. The number of methoxy groups -OCH3 is 1. The van der Waals surface area contributed by atoms with Gasteiger partial charge in [0.15, 0.2) is 5.82 Å². The van der Waals surface area contributed by atoms with Crippen LogP contribution in [0.2, 0.25) is 0 Å². The van der Waals surface area contributed by atoms with E-state index in [2.05, 4.69) is 15.5 Å². The molecule has 1 amide bonds. The van der Waals surface area contributed by atoms with Crippen LogP contribution in [0, 0.1) is 5.82 Å². The average molecular weight is 394 g/mol. The summed E-state index contributed by atoms with van der Waals surface area (Å²) in [5, 5.41) is 11.3. The van der Waals surface area contributed by atoms with Crippen molar-refractivity contribution in [2.75, 3.05) is 12.4 Å². The number of hydrogen-bond acceptors (Lipinski definition) is 4. The summed E-state index contributed by atoms with van der Waals surface area (Å²) in [5.41, 5.74) is 2.28. The molecule has 1 N–H and O–H groups in total. The molecule has 150 valence electrons. The van der Waals surface area contributed by atoms with E-state index >= 15 is 0 Å². The van der Waals surface area contributed by atoms with Crippen molar-refractivity contribution in [3.05, 3.63) is 65.2 Å². The minimum Gasteiger partial charge on any atom is -0.380 e. The molecule has 1 aliphatic heterocycles. The second-order valence-corrected chi connectivity index (χ2v) is 7.18. The fraction of sp³-hybridized carbons (Fsp3) is 0.318. The fourth-order valence-electron chi connectivity index (χ4n) is 3.63. The molecule has 0 atom stereocenters. The van der Waals surface area contributed by atoms with Crippen molar-refractivity contribution in [2.45, 2.75) is 38.8 Å². The van der Waals surface area contributed by atoms with Gasteiger partial charge in [0.05, 0.1) is 12.2 Å². The molecule has 29 heavy (non-hydrogen) atoms. The van der Waals surface area contributed by atoms with E-state index in [-0.39, 0.29) is 11.7 Å². The van der Waals surface area contributed by atoms with Crippen LogP contribution >= 0.6 is 0 Å². The summed E-state index contributed by atoms with van der Waals surface area (Å²) in [6, 6.07) is 11.7. The highest BCUT2D eigenvalue weighted by molar-refractivity contribution is 6.04. The first-order valence-corrected chi connectivity index (χ1v) is 9.77. The lowest BCUT2D eigenvalue weighted by Gasteiger charge is -2.11. The molecular formula is C22H23FN4O2. The van der Waals surface area contributed by atoms with Gasteiger partial charge in [-0.1, -0.05) is 18.6 Å². The molecule has 0 saturated carbocycles. The number of carbonyl (C=O) groups excluding carboxylic acids is 1. The summed E-state index contributed by atoms with van der Waals surface area (Å²) in [6.07, 6.45) is 4.07. The lowest BCUT2D eigenvalue weighted by Crippen LogP contribution is -2.12. The zero-order chi connectivity index (χ0) is 20.2. The van der Waals surface area contributed by atoms with Crippen molar-refractivity contribution >= 4 is 11.6 Å². The molecule has 2 aromatic carbocycles. The summed E-state index contributed by atoms with van der Waals surface area (Å²) in [7, 11) is 1.61. The van der Waals surface area contributed by atoms with Crippen LogP contribution in [0.15, 0.2) is 42.5 Å². The number of nitrogens with one attached hydrogen (secondary N) is 1. The van der Waals surface area contributed by atoms with Crippen LogP contribution in [0.4, 0.5) is 10.1 Å². The molecule has 4 rings (SSSR count). The van der Waals surface area contributed by atoms with Crippen molar-refractivity contribution in [1.82, 2.24) is 14.8 Å². The SMILES string of the molecule is COCc1cccc(C(=O)Nc2ccc(F)c(-c3nnc4n3CCCCC4)c2)c1. The molecule has 0 bridgehead atoms. The number of aryl methyl sites for hydroxylation is 1. The Morgan fingerprint density at radius 2 is 2.07 bits per heavy atom. The Labute approximate surface area is 168 Å². The number of anilines is 1. The van der Waals surface area contributed by atoms with Crippen molar-refractivity contribution in [3.8, 4) is 11.4 Å². The Hall–Kier alpha value is -3.06. The van der Waals surface area contributed by atoms with Crippen LogP contribution < -0.4 is 5.32 Å². The van der Waals surface area contributed by atoms with E-state index in [1.165, 1.54) is 6.07 Å². The van der Waals surface area contributed by atoms with Gasteiger partial charge in [-0.2, -0.15) is 0 Å². The minimum atomic E-state index is -0.385. The maximum Gasteiger partial charge on any atom is 0.255 e. The normalized spacial score (nSPS) is 13.6. The zero-order valence-electron chi connectivity index (χ0n) is 16.3. The first-order chi connectivity index (χ1) is 14.2. The van der Waals surface area contributed by atoms with Crippen LogP contribution in [0.3, 0.4) is 0 Å². The third kappa shape index (κ3) is 4.19. The Morgan fingerprint density at radius 3 is 2.93 bits per heavy atom. The zero-order valence-corrected chi connectivity index (χ0v) is 16.3. The van der Waals surface area contributed by atoms with Gasteiger partial charge in [-0.15, -0.1) is 10.2 Å². The summed E-state index contributed by atoms with van der Waals surface area (Å²) in [4.78, 5) is 12.7. The minimum absolute atomic E-state index is 0.263. The number of halogens is 1. The maximum atomic E-state index is 14.6. The second kappa shape index (κ2) is 8.53. The van der Waals surface area contributed by atoms with E-state index in [1.54, 1.807) is 31.4 Å². The van der Waals surface area contributed by atoms with Gasteiger partial charge >= 0.3 is 0 Å². The van der Waals surface area contributed by atoms with Gasteiger partial charge in [0, 0.05) is 31.3 Å². The number of carbonyl (C=O) groups is 1. The standard InChI is InChI=1S/C22H23FN4O2/c1-29-14-15-6-5-7-16(12-15)22(28)24-17-9-10-19(23)18(13-17)21-26-25-20-8-3-2-4-11-27(20)21/h5-7,9-10,12-13H,2-4,8,11,14H2,1H3,(H,24,28). The largest absolute Gasteiger partial charge is 0.380 e. The van der Waals surface area contributed by atoms with E-state index in [0.717, 1.165) is 43.6 Å². The van der Waals surface area contributed by atoms with Gasteiger partial charge < -0.3 is 14.6 Å².